The smallest absolute Gasteiger partial charge is 0.308 e. The summed E-state index contributed by atoms with van der Waals surface area (Å²) in [6, 6.07) is 20.5. The molecule has 0 saturated carbocycles. The number of esters is 1. The Bertz CT molecular complexity index is 1120. The molecule has 3 aromatic rings. The van der Waals surface area contributed by atoms with Crippen LogP contribution in [-0.2, 0) is 25.5 Å². The van der Waals surface area contributed by atoms with Crippen LogP contribution in [0.4, 0.5) is 5.69 Å². The number of ether oxygens (including phenoxy) is 1. The predicted molar refractivity (Wildman–Crippen MR) is 126 cm³/mol. The molecule has 0 radical (unpaired) electrons. The lowest BCUT2D eigenvalue weighted by atomic mass is 10.1. The molecule has 7 nitrogen and oxygen atoms in total. The Morgan fingerprint density at radius 3 is 2.64 bits per heavy atom. The number of amides is 2. The van der Waals surface area contributed by atoms with Crippen molar-refractivity contribution in [2.24, 2.45) is 0 Å². The van der Waals surface area contributed by atoms with E-state index in [9.17, 15) is 14.4 Å². The molecule has 8 heteroatoms. The zero-order chi connectivity index (χ0) is 23.0. The van der Waals surface area contributed by atoms with Crippen LogP contribution >= 0.6 is 11.8 Å². The molecule has 0 fully saturated rings. The summed E-state index contributed by atoms with van der Waals surface area (Å²) in [7, 11) is 0. The molecule has 168 valence electrons. The minimum Gasteiger partial charge on any atom is -0.447 e. The number of benzene rings is 2. The van der Waals surface area contributed by atoms with E-state index < -0.39 is 23.2 Å². The molecule has 33 heavy (non-hydrogen) atoms. The summed E-state index contributed by atoms with van der Waals surface area (Å²) >= 11 is 1.31. The molecular formula is C25H23N3O4S. The van der Waals surface area contributed by atoms with Gasteiger partial charge in [0.2, 0.25) is 12.0 Å². The fraction of sp³-hybridized carbons (Fsp3) is 0.200. The number of fused-ring (bicyclic) bond motifs is 1. The fourth-order valence-corrected chi connectivity index (χ4v) is 4.52. The molecule has 1 aliphatic rings. The Labute approximate surface area is 195 Å². The van der Waals surface area contributed by atoms with Crippen molar-refractivity contribution < 1.29 is 19.1 Å². The monoisotopic (exact) mass is 461 g/mol. The number of nitrogens with zero attached hydrogens (tertiary/aromatic N) is 1. The molecule has 1 aromatic heterocycles. The SMILES string of the molecule is O=C(C[C@@H]1Sc2ccccc2NC1=O)O[C@@H](C(=O)NCCc1ccccc1)c1cccnc1. The van der Waals surface area contributed by atoms with Gasteiger partial charge in [-0.3, -0.25) is 19.4 Å². The number of rotatable bonds is 8. The second-order valence-electron chi connectivity index (χ2n) is 7.48. The van der Waals surface area contributed by atoms with Gasteiger partial charge in [0, 0.05) is 29.4 Å². The number of thioether (sulfide) groups is 1. The number of pyridine rings is 1. The minimum absolute atomic E-state index is 0.154. The number of hydrogen-bond acceptors (Lipinski definition) is 6. The number of anilines is 1. The topological polar surface area (TPSA) is 97.4 Å². The third-order valence-electron chi connectivity index (χ3n) is 5.09. The van der Waals surface area contributed by atoms with Crippen molar-refractivity contribution in [3.05, 3.63) is 90.3 Å². The Balaban J connectivity index is 1.39. The number of nitrogens with one attached hydrogen (secondary N) is 2. The van der Waals surface area contributed by atoms with Gasteiger partial charge in [-0.15, -0.1) is 11.8 Å². The van der Waals surface area contributed by atoms with Crippen LogP contribution in [0.2, 0.25) is 0 Å². The van der Waals surface area contributed by atoms with Gasteiger partial charge in [0.15, 0.2) is 0 Å². The van der Waals surface area contributed by atoms with E-state index in [4.69, 9.17) is 4.74 Å². The number of hydrogen-bond donors (Lipinski definition) is 2. The first-order valence-electron chi connectivity index (χ1n) is 10.6. The molecule has 2 aromatic carbocycles. The number of para-hydroxylation sites is 1. The highest BCUT2D eigenvalue weighted by atomic mass is 32.2. The lowest BCUT2D eigenvalue weighted by Crippen LogP contribution is -2.35. The van der Waals surface area contributed by atoms with Crippen LogP contribution in [0.5, 0.6) is 0 Å². The van der Waals surface area contributed by atoms with Gasteiger partial charge in [-0.1, -0.05) is 48.5 Å². The highest BCUT2D eigenvalue weighted by Gasteiger charge is 2.32. The van der Waals surface area contributed by atoms with Crippen LogP contribution in [0.25, 0.3) is 0 Å². The van der Waals surface area contributed by atoms with Crippen LogP contribution < -0.4 is 10.6 Å². The molecule has 0 bridgehead atoms. The van der Waals surface area contributed by atoms with Crippen molar-refractivity contribution in [3.8, 4) is 0 Å². The summed E-state index contributed by atoms with van der Waals surface area (Å²) < 4.78 is 5.56. The van der Waals surface area contributed by atoms with E-state index in [2.05, 4.69) is 15.6 Å². The van der Waals surface area contributed by atoms with Gasteiger partial charge < -0.3 is 15.4 Å². The van der Waals surface area contributed by atoms with Gasteiger partial charge in [-0.05, 0) is 30.2 Å². The Kier molecular flexibility index (Phi) is 7.36. The predicted octanol–water partition coefficient (Wildman–Crippen LogP) is 3.53. The molecule has 1 aliphatic heterocycles. The molecule has 2 heterocycles. The molecule has 0 saturated heterocycles. The Morgan fingerprint density at radius 2 is 1.85 bits per heavy atom. The molecule has 2 atom stereocenters. The van der Waals surface area contributed by atoms with Gasteiger partial charge >= 0.3 is 5.97 Å². The number of aromatic nitrogens is 1. The third-order valence-corrected chi connectivity index (χ3v) is 6.36. The summed E-state index contributed by atoms with van der Waals surface area (Å²) in [6.07, 6.45) is 2.42. The van der Waals surface area contributed by atoms with E-state index in [-0.39, 0.29) is 12.3 Å². The van der Waals surface area contributed by atoms with Crippen molar-refractivity contribution in [1.29, 1.82) is 0 Å². The van der Waals surface area contributed by atoms with Crippen LogP contribution in [-0.4, -0.2) is 34.6 Å². The van der Waals surface area contributed by atoms with E-state index in [1.807, 2.05) is 54.6 Å². The van der Waals surface area contributed by atoms with Crippen molar-refractivity contribution in [2.75, 3.05) is 11.9 Å². The Hall–Kier alpha value is -3.65. The van der Waals surface area contributed by atoms with Crippen LogP contribution in [0.3, 0.4) is 0 Å². The van der Waals surface area contributed by atoms with E-state index in [0.29, 0.717) is 18.5 Å². The van der Waals surface area contributed by atoms with E-state index >= 15 is 0 Å². The zero-order valence-corrected chi connectivity index (χ0v) is 18.6. The number of carbonyl (C=O) groups excluding carboxylic acids is 3. The molecule has 4 rings (SSSR count). The molecule has 0 aliphatic carbocycles. The molecule has 2 N–H and O–H groups in total. The van der Waals surface area contributed by atoms with E-state index in [1.165, 1.54) is 18.0 Å². The minimum atomic E-state index is -1.15. The third kappa shape index (κ3) is 5.98. The maximum Gasteiger partial charge on any atom is 0.308 e. The summed E-state index contributed by atoms with van der Waals surface area (Å²) in [5.41, 5.74) is 2.28. The maximum absolute atomic E-state index is 12.9. The second kappa shape index (κ2) is 10.8. The summed E-state index contributed by atoms with van der Waals surface area (Å²) in [6.45, 7) is 0.398. The first-order valence-corrected chi connectivity index (χ1v) is 11.5. The molecule has 0 unspecified atom stereocenters. The lowest BCUT2D eigenvalue weighted by Gasteiger charge is -2.24. The second-order valence-corrected chi connectivity index (χ2v) is 8.72. The van der Waals surface area contributed by atoms with Crippen molar-refractivity contribution in [1.82, 2.24) is 10.3 Å². The molecule has 0 spiro atoms. The van der Waals surface area contributed by atoms with Gasteiger partial charge in [0.05, 0.1) is 17.4 Å². The van der Waals surface area contributed by atoms with Crippen LogP contribution in [0, 0.1) is 0 Å². The van der Waals surface area contributed by atoms with Crippen LogP contribution in [0.15, 0.2) is 84.0 Å². The van der Waals surface area contributed by atoms with Gasteiger partial charge in [-0.2, -0.15) is 0 Å². The van der Waals surface area contributed by atoms with Crippen molar-refractivity contribution >= 4 is 35.2 Å². The molecule has 2 amide bonds. The average molecular weight is 462 g/mol. The van der Waals surface area contributed by atoms with Crippen molar-refractivity contribution in [3.63, 3.8) is 0 Å². The normalized spacial score (nSPS) is 15.6. The molecular weight excluding hydrogens is 438 g/mol. The zero-order valence-electron chi connectivity index (χ0n) is 17.8. The summed E-state index contributed by atoms with van der Waals surface area (Å²) in [5, 5.41) is 5.01. The fourth-order valence-electron chi connectivity index (χ4n) is 3.43. The summed E-state index contributed by atoms with van der Waals surface area (Å²) in [5.74, 6) is -1.33. The number of carbonyl (C=O) groups is 3. The first kappa shape index (κ1) is 22.5. The van der Waals surface area contributed by atoms with Gasteiger partial charge in [-0.25, -0.2) is 0 Å². The highest BCUT2D eigenvalue weighted by molar-refractivity contribution is 8.01. The quantitative estimate of drug-likeness (QED) is 0.498. The highest BCUT2D eigenvalue weighted by Crippen LogP contribution is 2.37. The van der Waals surface area contributed by atoms with E-state index in [1.54, 1.807) is 18.3 Å². The lowest BCUT2D eigenvalue weighted by molar-refractivity contribution is -0.156. The van der Waals surface area contributed by atoms with E-state index in [0.717, 1.165) is 16.1 Å². The summed E-state index contributed by atoms with van der Waals surface area (Å²) in [4.78, 5) is 43.0. The first-order chi connectivity index (χ1) is 16.1. The average Bonchev–Trinajstić information content (AvgIpc) is 2.84. The Morgan fingerprint density at radius 1 is 1.06 bits per heavy atom. The van der Waals surface area contributed by atoms with Crippen LogP contribution in [0.1, 0.15) is 23.7 Å². The van der Waals surface area contributed by atoms with Gasteiger partial charge in [0.25, 0.3) is 5.91 Å². The maximum atomic E-state index is 12.9. The van der Waals surface area contributed by atoms with Crippen molar-refractivity contribution in [2.45, 2.75) is 29.1 Å². The largest absolute Gasteiger partial charge is 0.447 e. The standard InChI is InChI=1S/C25H23N3O4S/c29-22(15-21-24(30)28-19-10-4-5-11-20(19)33-21)32-23(18-9-6-13-26-16-18)25(31)27-14-12-17-7-2-1-3-8-17/h1-11,13,16,21,23H,12,14-15H2,(H,27,31)(H,28,30)/t21-,23+/m0/s1. The van der Waals surface area contributed by atoms with Gasteiger partial charge in [0.1, 0.15) is 0 Å².